The summed E-state index contributed by atoms with van der Waals surface area (Å²) in [5.74, 6) is 0.223. The summed E-state index contributed by atoms with van der Waals surface area (Å²) in [7, 11) is 0. The van der Waals surface area contributed by atoms with Crippen LogP contribution in [-0.2, 0) is 16.1 Å². The Morgan fingerprint density at radius 1 is 1.43 bits per heavy atom. The first kappa shape index (κ1) is 15.3. The first-order valence-electron chi connectivity index (χ1n) is 6.70. The van der Waals surface area contributed by atoms with Gasteiger partial charge in [0.05, 0.1) is 17.6 Å². The quantitative estimate of drug-likeness (QED) is 0.786. The summed E-state index contributed by atoms with van der Waals surface area (Å²) < 4.78 is 0. The number of carbonyl (C=O) groups is 2. The maximum absolute atomic E-state index is 11.8. The van der Waals surface area contributed by atoms with Gasteiger partial charge in [0.15, 0.2) is 0 Å². The lowest BCUT2D eigenvalue weighted by Crippen LogP contribution is -2.44. The second-order valence-electron chi connectivity index (χ2n) is 4.71. The molecule has 0 spiro atoms. The van der Waals surface area contributed by atoms with Crippen LogP contribution < -0.4 is 10.6 Å². The normalized spacial score (nSPS) is 12.1. The molecule has 0 aliphatic carbocycles. The van der Waals surface area contributed by atoms with Crippen molar-refractivity contribution in [1.82, 2.24) is 20.6 Å². The van der Waals surface area contributed by atoms with Gasteiger partial charge < -0.3 is 15.6 Å². The van der Waals surface area contributed by atoms with Crippen molar-refractivity contribution in [3.8, 4) is 0 Å². The first-order valence-corrected chi connectivity index (χ1v) is 7.08. The lowest BCUT2D eigenvalue weighted by atomic mass is 10.3. The highest BCUT2D eigenvalue weighted by atomic mass is 35.5. The van der Waals surface area contributed by atoms with E-state index in [1.165, 1.54) is 0 Å². The number of hydrogen-bond donors (Lipinski definition) is 3. The van der Waals surface area contributed by atoms with Gasteiger partial charge in [-0.3, -0.25) is 9.59 Å². The summed E-state index contributed by atoms with van der Waals surface area (Å²) in [6, 6.07) is 4.77. The fraction of sp³-hybridized carbons (Fsp3) is 0.357. The summed E-state index contributed by atoms with van der Waals surface area (Å²) >= 11 is 5.90. The zero-order chi connectivity index (χ0) is 15.4. The Morgan fingerprint density at radius 2 is 2.19 bits per heavy atom. The molecule has 1 heterocycles. The van der Waals surface area contributed by atoms with E-state index in [0.717, 1.165) is 11.0 Å². The lowest BCUT2D eigenvalue weighted by molar-refractivity contribution is -0.128. The predicted molar refractivity (Wildman–Crippen MR) is 80.8 cm³/mol. The minimum Gasteiger partial charge on any atom is -0.347 e. The number of amides is 2. The van der Waals surface area contributed by atoms with Crippen molar-refractivity contribution in [2.75, 3.05) is 0 Å². The monoisotopic (exact) mass is 308 g/mol. The maximum atomic E-state index is 11.8. The van der Waals surface area contributed by atoms with Gasteiger partial charge in [-0.25, -0.2) is 4.98 Å². The Labute approximate surface area is 127 Å². The second-order valence-corrected chi connectivity index (χ2v) is 5.14. The van der Waals surface area contributed by atoms with E-state index in [9.17, 15) is 9.59 Å². The maximum Gasteiger partial charge on any atom is 0.242 e. The van der Waals surface area contributed by atoms with E-state index in [1.54, 1.807) is 26.0 Å². The molecule has 0 fully saturated rings. The number of H-pyrrole nitrogens is 1. The van der Waals surface area contributed by atoms with Crippen LogP contribution in [0.15, 0.2) is 18.2 Å². The third kappa shape index (κ3) is 3.95. The fourth-order valence-corrected chi connectivity index (χ4v) is 2.02. The van der Waals surface area contributed by atoms with Gasteiger partial charge in [-0.15, -0.1) is 0 Å². The Bertz CT molecular complexity index is 668. The number of fused-ring (bicyclic) bond motifs is 1. The highest BCUT2D eigenvalue weighted by Gasteiger charge is 2.14. The molecule has 0 saturated heterocycles. The van der Waals surface area contributed by atoms with Crippen LogP contribution in [-0.4, -0.2) is 27.8 Å². The minimum atomic E-state index is -0.573. The molecule has 0 aliphatic heterocycles. The first-order chi connectivity index (χ1) is 9.99. The Kier molecular flexibility index (Phi) is 4.80. The number of aromatic nitrogens is 2. The van der Waals surface area contributed by atoms with Crippen molar-refractivity contribution >= 4 is 34.4 Å². The van der Waals surface area contributed by atoms with Crippen molar-refractivity contribution in [3.63, 3.8) is 0 Å². The molecule has 1 atom stereocenters. The van der Waals surface area contributed by atoms with Gasteiger partial charge in [0.2, 0.25) is 11.8 Å². The molecule has 6 nitrogen and oxygen atoms in total. The molecule has 7 heteroatoms. The van der Waals surface area contributed by atoms with Crippen molar-refractivity contribution < 1.29 is 9.59 Å². The van der Waals surface area contributed by atoms with Crippen LogP contribution in [0.4, 0.5) is 0 Å². The van der Waals surface area contributed by atoms with Gasteiger partial charge in [0.1, 0.15) is 11.9 Å². The molecule has 0 saturated carbocycles. The molecule has 0 radical (unpaired) electrons. The van der Waals surface area contributed by atoms with E-state index in [4.69, 9.17) is 11.6 Å². The molecule has 2 amide bonds. The van der Waals surface area contributed by atoms with Crippen LogP contribution in [0, 0.1) is 0 Å². The number of aromatic amines is 1. The number of imidazole rings is 1. The number of nitrogens with one attached hydrogen (secondary N) is 3. The van der Waals surface area contributed by atoms with Crippen molar-refractivity contribution in [1.29, 1.82) is 0 Å². The number of benzene rings is 1. The molecular formula is C14H17ClN4O2. The predicted octanol–water partition coefficient (Wildman–Crippen LogP) is 1.75. The SMILES string of the molecule is CCC(=O)N[C@@H](C)C(=O)NCc1nc2ccc(Cl)cc2[nH]1. The average molecular weight is 309 g/mol. The number of halogens is 1. The molecule has 2 rings (SSSR count). The van der Waals surface area contributed by atoms with Crippen LogP contribution >= 0.6 is 11.6 Å². The van der Waals surface area contributed by atoms with E-state index in [1.807, 2.05) is 6.07 Å². The van der Waals surface area contributed by atoms with E-state index < -0.39 is 6.04 Å². The lowest BCUT2D eigenvalue weighted by Gasteiger charge is -2.12. The zero-order valence-corrected chi connectivity index (χ0v) is 12.6. The third-order valence-electron chi connectivity index (χ3n) is 3.01. The van der Waals surface area contributed by atoms with Gasteiger partial charge >= 0.3 is 0 Å². The third-order valence-corrected chi connectivity index (χ3v) is 3.25. The summed E-state index contributed by atoms with van der Waals surface area (Å²) in [4.78, 5) is 30.5. The topological polar surface area (TPSA) is 86.9 Å². The minimum absolute atomic E-state index is 0.156. The van der Waals surface area contributed by atoms with Gasteiger partial charge in [-0.05, 0) is 25.1 Å². The second kappa shape index (κ2) is 6.58. The van der Waals surface area contributed by atoms with E-state index in [-0.39, 0.29) is 18.4 Å². The molecular weight excluding hydrogens is 292 g/mol. The fourth-order valence-electron chi connectivity index (χ4n) is 1.85. The average Bonchev–Trinajstić information content (AvgIpc) is 2.86. The van der Waals surface area contributed by atoms with Gasteiger partial charge in [0, 0.05) is 11.4 Å². The molecule has 112 valence electrons. The van der Waals surface area contributed by atoms with Crippen LogP contribution in [0.25, 0.3) is 11.0 Å². The van der Waals surface area contributed by atoms with Crippen molar-refractivity contribution in [2.45, 2.75) is 32.9 Å². The Hall–Kier alpha value is -2.08. The molecule has 1 aromatic heterocycles. The van der Waals surface area contributed by atoms with Gasteiger partial charge in [-0.2, -0.15) is 0 Å². The van der Waals surface area contributed by atoms with E-state index in [2.05, 4.69) is 20.6 Å². The molecule has 2 aromatic rings. The number of carbonyl (C=O) groups excluding carboxylic acids is 2. The zero-order valence-electron chi connectivity index (χ0n) is 11.9. The number of nitrogens with zero attached hydrogens (tertiary/aromatic N) is 1. The van der Waals surface area contributed by atoms with Crippen molar-refractivity contribution in [3.05, 3.63) is 29.0 Å². The van der Waals surface area contributed by atoms with Crippen LogP contribution in [0.2, 0.25) is 5.02 Å². The van der Waals surface area contributed by atoms with Crippen LogP contribution in [0.1, 0.15) is 26.1 Å². The van der Waals surface area contributed by atoms with Gasteiger partial charge in [-0.1, -0.05) is 18.5 Å². The highest BCUT2D eigenvalue weighted by Crippen LogP contribution is 2.16. The Morgan fingerprint density at radius 3 is 2.90 bits per heavy atom. The Balaban J connectivity index is 1.94. The largest absolute Gasteiger partial charge is 0.347 e. The molecule has 21 heavy (non-hydrogen) atoms. The molecule has 3 N–H and O–H groups in total. The highest BCUT2D eigenvalue weighted by molar-refractivity contribution is 6.31. The van der Waals surface area contributed by atoms with Crippen LogP contribution in [0.5, 0.6) is 0 Å². The van der Waals surface area contributed by atoms with Gasteiger partial charge in [0.25, 0.3) is 0 Å². The molecule has 1 aromatic carbocycles. The summed E-state index contributed by atoms with van der Waals surface area (Å²) in [6.07, 6.45) is 0.349. The smallest absolute Gasteiger partial charge is 0.242 e. The molecule has 0 unspecified atom stereocenters. The summed E-state index contributed by atoms with van der Waals surface area (Å²) in [5, 5.41) is 5.95. The molecule has 0 aliphatic rings. The standard InChI is InChI=1S/C14H17ClN4O2/c1-3-13(20)17-8(2)14(21)16-7-12-18-10-5-4-9(15)6-11(10)19-12/h4-6,8H,3,7H2,1-2H3,(H,16,21)(H,17,20)(H,18,19)/t8-/m0/s1. The van der Waals surface area contributed by atoms with Crippen LogP contribution in [0.3, 0.4) is 0 Å². The molecule has 0 bridgehead atoms. The summed E-state index contributed by atoms with van der Waals surface area (Å²) in [5.41, 5.74) is 1.61. The number of rotatable bonds is 5. The van der Waals surface area contributed by atoms with Crippen molar-refractivity contribution in [2.24, 2.45) is 0 Å². The summed E-state index contributed by atoms with van der Waals surface area (Å²) in [6.45, 7) is 3.64. The van der Waals surface area contributed by atoms with E-state index >= 15 is 0 Å². The number of hydrogen-bond acceptors (Lipinski definition) is 3. The van der Waals surface area contributed by atoms with E-state index in [0.29, 0.717) is 17.3 Å².